The number of aliphatic hydroxyl groups excluding tert-OH is 1. The van der Waals surface area contributed by atoms with E-state index in [1.807, 2.05) is 0 Å². The van der Waals surface area contributed by atoms with E-state index in [2.05, 4.69) is 10.3 Å². The number of ether oxygens (including phenoxy) is 1. The Balaban J connectivity index is 1.93. The minimum absolute atomic E-state index is 0.0779. The van der Waals surface area contributed by atoms with E-state index in [0.717, 1.165) is 6.07 Å². The Morgan fingerprint density at radius 2 is 2.05 bits per heavy atom. The van der Waals surface area contributed by atoms with Crippen molar-refractivity contribution >= 4 is 5.69 Å². The third kappa shape index (κ3) is 3.89. The number of anilines is 1. The van der Waals surface area contributed by atoms with Crippen molar-refractivity contribution in [1.82, 2.24) is 4.98 Å². The van der Waals surface area contributed by atoms with Crippen LogP contribution in [0, 0.1) is 11.6 Å². The standard InChI is InChI=1S/C14H14F2N2O2/c15-11-2-1-10(13(16)7-11)8-17-12-3-4-14(18-9-12)20-6-5-19/h1-4,7,9,17,19H,5-6,8H2. The van der Waals surface area contributed by atoms with Gasteiger partial charge in [-0.2, -0.15) is 0 Å². The van der Waals surface area contributed by atoms with Crippen molar-refractivity contribution in [2.75, 3.05) is 18.5 Å². The molecule has 2 N–H and O–H groups in total. The highest BCUT2D eigenvalue weighted by Crippen LogP contribution is 2.14. The summed E-state index contributed by atoms with van der Waals surface area (Å²) < 4.78 is 31.3. The first kappa shape index (κ1) is 14.2. The molecule has 0 radical (unpaired) electrons. The maximum absolute atomic E-state index is 13.4. The molecule has 0 aliphatic carbocycles. The fraction of sp³-hybridized carbons (Fsp3) is 0.214. The molecule has 2 aromatic rings. The van der Waals surface area contributed by atoms with Crippen LogP contribution in [0.25, 0.3) is 0 Å². The summed E-state index contributed by atoms with van der Waals surface area (Å²) >= 11 is 0. The molecule has 6 heteroatoms. The molecule has 0 aliphatic heterocycles. The van der Waals surface area contributed by atoms with Gasteiger partial charge in [-0.05, 0) is 12.1 Å². The molecule has 1 aromatic heterocycles. The molecule has 0 atom stereocenters. The molecule has 1 heterocycles. The van der Waals surface area contributed by atoms with Gasteiger partial charge in [0.1, 0.15) is 18.2 Å². The van der Waals surface area contributed by atoms with Gasteiger partial charge < -0.3 is 15.2 Å². The summed E-state index contributed by atoms with van der Waals surface area (Å²) in [6.45, 7) is 0.330. The number of benzene rings is 1. The van der Waals surface area contributed by atoms with Gasteiger partial charge in [0.25, 0.3) is 0 Å². The summed E-state index contributed by atoms with van der Waals surface area (Å²) in [5.74, 6) is -0.788. The number of halogens is 2. The SMILES string of the molecule is OCCOc1ccc(NCc2ccc(F)cc2F)cn1. The van der Waals surface area contributed by atoms with Crippen molar-refractivity contribution in [3.05, 3.63) is 53.7 Å². The molecule has 4 nitrogen and oxygen atoms in total. The number of aromatic nitrogens is 1. The summed E-state index contributed by atoms with van der Waals surface area (Å²) in [5.41, 5.74) is 1.05. The first-order valence-electron chi connectivity index (χ1n) is 6.06. The van der Waals surface area contributed by atoms with E-state index in [-0.39, 0.29) is 19.8 Å². The van der Waals surface area contributed by atoms with Gasteiger partial charge >= 0.3 is 0 Å². The zero-order valence-electron chi connectivity index (χ0n) is 10.6. The number of aliphatic hydroxyl groups is 1. The minimum atomic E-state index is -0.599. The molecular weight excluding hydrogens is 266 g/mol. The predicted molar refractivity (Wildman–Crippen MR) is 70.5 cm³/mol. The molecule has 106 valence electrons. The van der Waals surface area contributed by atoms with Crippen LogP contribution in [0.4, 0.5) is 14.5 Å². The Bertz CT molecular complexity index is 562. The van der Waals surface area contributed by atoms with Gasteiger partial charge in [-0.3, -0.25) is 0 Å². The Morgan fingerprint density at radius 3 is 2.70 bits per heavy atom. The van der Waals surface area contributed by atoms with Crippen LogP contribution in [0.2, 0.25) is 0 Å². The molecule has 0 saturated heterocycles. The second kappa shape index (κ2) is 6.81. The van der Waals surface area contributed by atoms with Gasteiger partial charge in [-0.1, -0.05) is 6.07 Å². The number of nitrogens with one attached hydrogen (secondary N) is 1. The number of pyridine rings is 1. The van der Waals surface area contributed by atoms with Crippen LogP contribution in [0.3, 0.4) is 0 Å². The maximum Gasteiger partial charge on any atom is 0.213 e. The molecule has 0 spiro atoms. The van der Waals surface area contributed by atoms with Crippen LogP contribution in [0.15, 0.2) is 36.5 Å². The van der Waals surface area contributed by atoms with Crippen LogP contribution in [0.5, 0.6) is 5.88 Å². The van der Waals surface area contributed by atoms with Gasteiger partial charge in [0.2, 0.25) is 5.88 Å². The average molecular weight is 280 g/mol. The van der Waals surface area contributed by atoms with Gasteiger partial charge in [-0.15, -0.1) is 0 Å². The lowest BCUT2D eigenvalue weighted by Crippen LogP contribution is -2.04. The van der Waals surface area contributed by atoms with Crippen molar-refractivity contribution in [2.45, 2.75) is 6.54 Å². The molecule has 0 saturated carbocycles. The van der Waals surface area contributed by atoms with Gasteiger partial charge in [0.05, 0.1) is 18.5 Å². The number of hydrogen-bond acceptors (Lipinski definition) is 4. The second-order valence-corrected chi connectivity index (χ2v) is 4.05. The summed E-state index contributed by atoms with van der Waals surface area (Å²) in [6, 6.07) is 6.81. The fourth-order valence-corrected chi connectivity index (χ4v) is 1.58. The van der Waals surface area contributed by atoms with E-state index in [0.29, 0.717) is 17.1 Å². The second-order valence-electron chi connectivity index (χ2n) is 4.05. The van der Waals surface area contributed by atoms with Crippen molar-refractivity contribution in [1.29, 1.82) is 0 Å². The third-order valence-corrected chi connectivity index (χ3v) is 2.58. The zero-order chi connectivity index (χ0) is 14.4. The van der Waals surface area contributed by atoms with E-state index in [9.17, 15) is 8.78 Å². The normalized spacial score (nSPS) is 10.3. The Morgan fingerprint density at radius 1 is 1.20 bits per heavy atom. The highest BCUT2D eigenvalue weighted by molar-refractivity contribution is 5.42. The lowest BCUT2D eigenvalue weighted by molar-refractivity contribution is 0.196. The Labute approximate surface area is 115 Å². The summed E-state index contributed by atoms with van der Waals surface area (Å²) in [6.07, 6.45) is 1.54. The lowest BCUT2D eigenvalue weighted by atomic mass is 10.2. The summed E-state index contributed by atoms with van der Waals surface area (Å²) in [7, 11) is 0. The quantitative estimate of drug-likeness (QED) is 0.853. The monoisotopic (exact) mass is 280 g/mol. The summed E-state index contributed by atoms with van der Waals surface area (Å²) in [4.78, 5) is 4.02. The summed E-state index contributed by atoms with van der Waals surface area (Å²) in [5, 5.41) is 11.6. The van der Waals surface area contributed by atoms with Gasteiger partial charge in [0.15, 0.2) is 0 Å². The highest BCUT2D eigenvalue weighted by Gasteiger charge is 2.04. The zero-order valence-corrected chi connectivity index (χ0v) is 10.6. The first-order valence-corrected chi connectivity index (χ1v) is 6.06. The molecular formula is C14H14F2N2O2. The van der Waals surface area contributed by atoms with Crippen molar-refractivity contribution in [2.24, 2.45) is 0 Å². The third-order valence-electron chi connectivity index (χ3n) is 2.58. The number of hydrogen-bond donors (Lipinski definition) is 2. The van der Waals surface area contributed by atoms with Crippen molar-refractivity contribution < 1.29 is 18.6 Å². The van der Waals surface area contributed by atoms with Gasteiger partial charge in [-0.25, -0.2) is 13.8 Å². The largest absolute Gasteiger partial charge is 0.475 e. The van der Waals surface area contributed by atoms with E-state index >= 15 is 0 Å². The Hall–Kier alpha value is -2.21. The molecule has 0 bridgehead atoms. The topological polar surface area (TPSA) is 54.4 Å². The van der Waals surface area contributed by atoms with Crippen LogP contribution in [0.1, 0.15) is 5.56 Å². The molecule has 2 rings (SSSR count). The fourth-order valence-electron chi connectivity index (χ4n) is 1.58. The van der Waals surface area contributed by atoms with Crippen LogP contribution in [-0.2, 0) is 6.54 Å². The number of rotatable bonds is 6. The molecule has 0 fully saturated rings. The van der Waals surface area contributed by atoms with Gasteiger partial charge in [0, 0.05) is 24.2 Å². The lowest BCUT2D eigenvalue weighted by Gasteiger charge is -2.08. The van der Waals surface area contributed by atoms with Crippen LogP contribution >= 0.6 is 0 Å². The molecule has 0 aliphatic rings. The molecule has 20 heavy (non-hydrogen) atoms. The molecule has 0 unspecified atom stereocenters. The van der Waals surface area contributed by atoms with E-state index < -0.39 is 11.6 Å². The number of nitrogens with zero attached hydrogens (tertiary/aromatic N) is 1. The maximum atomic E-state index is 13.4. The Kier molecular flexibility index (Phi) is 4.84. The predicted octanol–water partition coefficient (Wildman–Crippen LogP) is 2.34. The first-order chi connectivity index (χ1) is 9.69. The van der Waals surface area contributed by atoms with Crippen LogP contribution < -0.4 is 10.1 Å². The smallest absolute Gasteiger partial charge is 0.213 e. The van der Waals surface area contributed by atoms with Crippen molar-refractivity contribution in [3.63, 3.8) is 0 Å². The van der Waals surface area contributed by atoms with E-state index in [1.54, 1.807) is 12.1 Å². The average Bonchev–Trinajstić information content (AvgIpc) is 2.45. The molecule has 1 aromatic carbocycles. The van der Waals surface area contributed by atoms with E-state index in [4.69, 9.17) is 9.84 Å². The molecule has 0 amide bonds. The van der Waals surface area contributed by atoms with E-state index in [1.165, 1.54) is 18.3 Å². The van der Waals surface area contributed by atoms with Crippen molar-refractivity contribution in [3.8, 4) is 5.88 Å². The minimum Gasteiger partial charge on any atom is -0.475 e. The van der Waals surface area contributed by atoms with Crippen LogP contribution in [-0.4, -0.2) is 23.3 Å². The highest BCUT2D eigenvalue weighted by atomic mass is 19.1.